The van der Waals surface area contributed by atoms with Crippen molar-refractivity contribution in [2.45, 2.75) is 11.3 Å². The normalized spacial score (nSPS) is 11.1. The molecule has 0 amide bonds. The van der Waals surface area contributed by atoms with Crippen LogP contribution >= 0.6 is 0 Å². The molecule has 0 bridgehead atoms. The van der Waals surface area contributed by atoms with Crippen molar-refractivity contribution in [3.05, 3.63) is 54.1 Å². The van der Waals surface area contributed by atoms with Crippen LogP contribution in [0, 0.1) is 0 Å². The van der Waals surface area contributed by atoms with E-state index in [0.717, 1.165) is 5.56 Å². The van der Waals surface area contributed by atoms with Crippen LogP contribution in [0.3, 0.4) is 0 Å². The molecule has 0 unspecified atom stereocenters. The molecular formula is C16H18O4S. The van der Waals surface area contributed by atoms with Gasteiger partial charge < -0.3 is 9.47 Å². The van der Waals surface area contributed by atoms with E-state index < -0.39 is 9.84 Å². The number of hydrogen-bond donors (Lipinski definition) is 0. The zero-order valence-corrected chi connectivity index (χ0v) is 12.9. The summed E-state index contributed by atoms with van der Waals surface area (Å²) in [6.07, 6.45) is 0.408. The number of aryl methyl sites for hydroxylation is 1. The summed E-state index contributed by atoms with van der Waals surface area (Å²) in [5, 5.41) is 0. The Morgan fingerprint density at radius 1 is 0.905 bits per heavy atom. The third kappa shape index (κ3) is 3.98. The van der Waals surface area contributed by atoms with Crippen LogP contribution < -0.4 is 9.47 Å². The van der Waals surface area contributed by atoms with E-state index in [-0.39, 0.29) is 5.75 Å². The minimum absolute atomic E-state index is 0.0489. The molecular weight excluding hydrogens is 288 g/mol. The Kier molecular flexibility index (Phi) is 4.85. The van der Waals surface area contributed by atoms with Crippen molar-refractivity contribution in [2.75, 3.05) is 20.0 Å². The monoisotopic (exact) mass is 306 g/mol. The van der Waals surface area contributed by atoms with Gasteiger partial charge >= 0.3 is 0 Å². The van der Waals surface area contributed by atoms with Gasteiger partial charge in [-0.2, -0.15) is 0 Å². The highest BCUT2D eigenvalue weighted by Crippen LogP contribution is 2.23. The van der Waals surface area contributed by atoms with Crippen LogP contribution in [0.1, 0.15) is 5.56 Å². The average molecular weight is 306 g/mol. The first-order chi connectivity index (χ1) is 10.0. The Labute approximate surface area is 125 Å². The van der Waals surface area contributed by atoms with Crippen LogP contribution in [0.5, 0.6) is 11.5 Å². The largest absolute Gasteiger partial charge is 0.497 e. The van der Waals surface area contributed by atoms with Crippen LogP contribution in [0.4, 0.5) is 0 Å². The summed E-state index contributed by atoms with van der Waals surface area (Å²) in [5.74, 6) is 1.36. The molecule has 0 atom stereocenters. The van der Waals surface area contributed by atoms with Crippen molar-refractivity contribution in [1.82, 2.24) is 0 Å². The number of hydrogen-bond acceptors (Lipinski definition) is 4. The predicted molar refractivity (Wildman–Crippen MR) is 81.7 cm³/mol. The van der Waals surface area contributed by atoms with Crippen molar-refractivity contribution >= 4 is 9.84 Å². The van der Waals surface area contributed by atoms with Crippen LogP contribution in [-0.4, -0.2) is 28.4 Å². The van der Waals surface area contributed by atoms with Gasteiger partial charge in [0.1, 0.15) is 11.5 Å². The van der Waals surface area contributed by atoms with E-state index in [1.807, 2.05) is 12.1 Å². The molecule has 5 heteroatoms. The molecule has 0 heterocycles. The van der Waals surface area contributed by atoms with Gasteiger partial charge in [0.2, 0.25) is 0 Å². The zero-order valence-electron chi connectivity index (χ0n) is 12.1. The van der Waals surface area contributed by atoms with Gasteiger partial charge in [0.05, 0.1) is 24.9 Å². The second-order valence-electron chi connectivity index (χ2n) is 4.60. The molecule has 2 aromatic carbocycles. The molecule has 112 valence electrons. The van der Waals surface area contributed by atoms with Crippen LogP contribution in [0.2, 0.25) is 0 Å². The molecule has 2 rings (SSSR count). The molecule has 0 radical (unpaired) electrons. The van der Waals surface area contributed by atoms with E-state index in [9.17, 15) is 8.42 Å². The Morgan fingerprint density at radius 3 is 2.00 bits per heavy atom. The van der Waals surface area contributed by atoms with E-state index in [2.05, 4.69) is 0 Å². The third-order valence-corrected chi connectivity index (χ3v) is 4.90. The average Bonchev–Trinajstić information content (AvgIpc) is 2.53. The molecule has 0 saturated heterocycles. The lowest BCUT2D eigenvalue weighted by molar-refractivity contribution is 0.393. The minimum atomic E-state index is -3.28. The van der Waals surface area contributed by atoms with Gasteiger partial charge in [-0.25, -0.2) is 8.42 Å². The standard InChI is InChI=1S/C16H18O4S/c1-19-14-10-13(11-15(12-14)20-2)8-9-21(17,18)16-6-4-3-5-7-16/h3-7,10-12H,8-9H2,1-2H3. The lowest BCUT2D eigenvalue weighted by Crippen LogP contribution is -2.09. The fraction of sp³-hybridized carbons (Fsp3) is 0.250. The lowest BCUT2D eigenvalue weighted by atomic mass is 10.1. The first-order valence-electron chi connectivity index (χ1n) is 6.55. The van der Waals surface area contributed by atoms with Crippen molar-refractivity contribution in [3.8, 4) is 11.5 Å². The molecule has 0 N–H and O–H groups in total. The Bertz CT molecular complexity index is 671. The molecule has 0 aliphatic rings. The number of benzene rings is 2. The fourth-order valence-corrected chi connectivity index (χ4v) is 3.32. The number of sulfone groups is 1. The molecule has 0 saturated carbocycles. The molecule has 0 aliphatic carbocycles. The van der Waals surface area contributed by atoms with Gasteiger partial charge in [-0.15, -0.1) is 0 Å². The molecule has 0 fully saturated rings. The van der Waals surface area contributed by atoms with Gasteiger partial charge in [0.15, 0.2) is 9.84 Å². The van der Waals surface area contributed by atoms with Crippen LogP contribution in [0.25, 0.3) is 0 Å². The molecule has 21 heavy (non-hydrogen) atoms. The van der Waals surface area contributed by atoms with Crippen molar-refractivity contribution in [2.24, 2.45) is 0 Å². The summed E-state index contributed by atoms with van der Waals surface area (Å²) < 4.78 is 34.9. The Balaban J connectivity index is 2.16. The van der Waals surface area contributed by atoms with E-state index in [1.54, 1.807) is 50.6 Å². The highest BCUT2D eigenvalue weighted by atomic mass is 32.2. The molecule has 0 aliphatic heterocycles. The number of rotatable bonds is 6. The first kappa shape index (κ1) is 15.4. The summed E-state index contributed by atoms with van der Waals surface area (Å²) in [6.45, 7) is 0. The van der Waals surface area contributed by atoms with E-state index in [1.165, 1.54) is 0 Å². The van der Waals surface area contributed by atoms with Crippen molar-refractivity contribution < 1.29 is 17.9 Å². The highest BCUT2D eigenvalue weighted by molar-refractivity contribution is 7.91. The minimum Gasteiger partial charge on any atom is -0.497 e. The topological polar surface area (TPSA) is 52.6 Å². The van der Waals surface area contributed by atoms with Crippen molar-refractivity contribution in [3.63, 3.8) is 0 Å². The van der Waals surface area contributed by atoms with Crippen LogP contribution in [-0.2, 0) is 16.3 Å². The van der Waals surface area contributed by atoms with Gasteiger partial charge in [-0.1, -0.05) is 18.2 Å². The number of methoxy groups -OCH3 is 2. The van der Waals surface area contributed by atoms with Crippen LogP contribution in [0.15, 0.2) is 53.4 Å². The molecule has 2 aromatic rings. The maximum atomic E-state index is 12.3. The van der Waals surface area contributed by atoms with E-state index in [0.29, 0.717) is 22.8 Å². The summed E-state index contributed by atoms with van der Waals surface area (Å²) in [6, 6.07) is 13.9. The first-order valence-corrected chi connectivity index (χ1v) is 8.20. The molecule has 0 spiro atoms. The fourth-order valence-electron chi connectivity index (χ4n) is 2.01. The quantitative estimate of drug-likeness (QED) is 0.823. The Hall–Kier alpha value is -2.01. The zero-order chi connectivity index (χ0) is 15.3. The SMILES string of the molecule is COc1cc(CCS(=O)(=O)c2ccccc2)cc(OC)c1. The summed E-state index contributed by atoms with van der Waals surface area (Å²) in [7, 11) is -0.142. The predicted octanol–water partition coefficient (Wildman–Crippen LogP) is 2.72. The van der Waals surface area contributed by atoms with Gasteiger partial charge in [0.25, 0.3) is 0 Å². The van der Waals surface area contributed by atoms with Gasteiger partial charge in [0, 0.05) is 6.07 Å². The molecule has 0 aromatic heterocycles. The van der Waals surface area contributed by atoms with Crippen molar-refractivity contribution in [1.29, 1.82) is 0 Å². The summed E-state index contributed by atoms with van der Waals surface area (Å²) >= 11 is 0. The number of ether oxygens (including phenoxy) is 2. The second-order valence-corrected chi connectivity index (χ2v) is 6.71. The second kappa shape index (κ2) is 6.63. The summed E-state index contributed by atoms with van der Waals surface area (Å²) in [5.41, 5.74) is 0.866. The Morgan fingerprint density at radius 2 is 1.48 bits per heavy atom. The van der Waals surface area contributed by atoms with Gasteiger partial charge in [-0.3, -0.25) is 0 Å². The van der Waals surface area contributed by atoms with E-state index >= 15 is 0 Å². The highest BCUT2D eigenvalue weighted by Gasteiger charge is 2.14. The lowest BCUT2D eigenvalue weighted by Gasteiger charge is -2.09. The van der Waals surface area contributed by atoms with E-state index in [4.69, 9.17) is 9.47 Å². The van der Waals surface area contributed by atoms with Gasteiger partial charge in [-0.05, 0) is 36.2 Å². The smallest absolute Gasteiger partial charge is 0.178 e. The third-order valence-electron chi connectivity index (χ3n) is 3.17. The maximum absolute atomic E-state index is 12.3. The summed E-state index contributed by atoms with van der Waals surface area (Å²) in [4.78, 5) is 0.347. The molecule has 4 nitrogen and oxygen atoms in total. The maximum Gasteiger partial charge on any atom is 0.178 e.